The summed E-state index contributed by atoms with van der Waals surface area (Å²) in [6.07, 6.45) is 3.88. The number of nitrogens with one attached hydrogen (secondary N) is 1. The minimum absolute atomic E-state index is 0. The zero-order valence-electron chi connectivity index (χ0n) is 18.4. The Balaban J connectivity index is 0.00000320. The summed E-state index contributed by atoms with van der Waals surface area (Å²) in [5.74, 6) is 1.76. The number of ether oxygens (including phenoxy) is 2. The van der Waals surface area contributed by atoms with Crippen LogP contribution in [0.2, 0.25) is 0 Å². The summed E-state index contributed by atoms with van der Waals surface area (Å²) in [6, 6.07) is 8.44. The number of methoxy groups -OCH3 is 1. The Labute approximate surface area is 196 Å². The number of guanidine groups is 1. The molecule has 2 aromatic rings. The van der Waals surface area contributed by atoms with Crippen LogP contribution >= 0.6 is 24.0 Å². The summed E-state index contributed by atoms with van der Waals surface area (Å²) >= 11 is 0. The third-order valence-corrected chi connectivity index (χ3v) is 5.25. The molecule has 1 saturated heterocycles. The zero-order chi connectivity index (χ0) is 20.8. The largest absolute Gasteiger partial charge is 0.497 e. The molecule has 1 aromatic heterocycles. The SMILES string of the molecule is CN=C(NCC(c1ccc(OC)cc1)N(C)C)N1CCOC(c2cnn(C)c2)C1.I. The van der Waals surface area contributed by atoms with Crippen molar-refractivity contribution in [2.75, 3.05) is 54.5 Å². The first kappa shape index (κ1) is 24.4. The van der Waals surface area contributed by atoms with Crippen molar-refractivity contribution < 1.29 is 9.47 Å². The van der Waals surface area contributed by atoms with E-state index in [1.54, 1.807) is 11.8 Å². The number of aliphatic imine (C=N–C) groups is 1. The van der Waals surface area contributed by atoms with Crippen LogP contribution < -0.4 is 10.1 Å². The second-order valence-corrected chi connectivity index (χ2v) is 7.43. The molecule has 0 bridgehead atoms. The zero-order valence-corrected chi connectivity index (χ0v) is 20.7. The van der Waals surface area contributed by atoms with Crippen molar-refractivity contribution in [1.82, 2.24) is 24.9 Å². The summed E-state index contributed by atoms with van der Waals surface area (Å²) in [5.41, 5.74) is 2.33. The number of benzene rings is 1. The molecular formula is C21H33IN6O2. The van der Waals surface area contributed by atoms with Crippen molar-refractivity contribution in [2.45, 2.75) is 12.1 Å². The van der Waals surface area contributed by atoms with E-state index in [0.29, 0.717) is 6.61 Å². The highest BCUT2D eigenvalue weighted by Gasteiger charge is 2.26. The smallest absolute Gasteiger partial charge is 0.193 e. The molecule has 2 atom stereocenters. The van der Waals surface area contributed by atoms with E-state index in [1.807, 2.05) is 38.6 Å². The van der Waals surface area contributed by atoms with Crippen LogP contribution in [0.1, 0.15) is 23.3 Å². The van der Waals surface area contributed by atoms with Gasteiger partial charge in [0.25, 0.3) is 0 Å². The van der Waals surface area contributed by atoms with E-state index >= 15 is 0 Å². The van der Waals surface area contributed by atoms with Crippen LogP contribution in [0.3, 0.4) is 0 Å². The summed E-state index contributed by atoms with van der Waals surface area (Å²) < 4.78 is 13.0. The third-order valence-electron chi connectivity index (χ3n) is 5.25. The molecule has 1 aliphatic heterocycles. The van der Waals surface area contributed by atoms with Gasteiger partial charge in [0.05, 0.1) is 32.5 Å². The highest BCUT2D eigenvalue weighted by atomic mass is 127. The van der Waals surface area contributed by atoms with Gasteiger partial charge in [0.15, 0.2) is 5.96 Å². The van der Waals surface area contributed by atoms with Gasteiger partial charge >= 0.3 is 0 Å². The van der Waals surface area contributed by atoms with Gasteiger partial charge in [0.1, 0.15) is 11.9 Å². The van der Waals surface area contributed by atoms with E-state index in [9.17, 15) is 0 Å². The van der Waals surface area contributed by atoms with Crippen LogP contribution in [0, 0.1) is 0 Å². The fourth-order valence-corrected chi connectivity index (χ4v) is 3.59. The predicted octanol–water partition coefficient (Wildman–Crippen LogP) is 2.30. The van der Waals surface area contributed by atoms with E-state index in [1.165, 1.54) is 5.56 Å². The monoisotopic (exact) mass is 528 g/mol. The number of rotatable bonds is 6. The second kappa shape index (κ2) is 11.5. The average molecular weight is 528 g/mol. The van der Waals surface area contributed by atoms with Gasteiger partial charge in [0, 0.05) is 38.9 Å². The van der Waals surface area contributed by atoms with Crippen LogP contribution in [0.25, 0.3) is 0 Å². The van der Waals surface area contributed by atoms with Gasteiger partial charge in [-0.05, 0) is 31.8 Å². The standard InChI is InChI=1S/C21H32N6O2.HI/c1-22-21(27-10-11-29-20(15-27)17-12-24-26(4)14-17)23-13-19(25(2)3)16-6-8-18(28-5)9-7-16;/h6-9,12,14,19-20H,10-11,13,15H2,1-5H3,(H,22,23);1H. The number of halogens is 1. The number of hydrogen-bond acceptors (Lipinski definition) is 5. The van der Waals surface area contributed by atoms with Crippen LogP contribution in [-0.2, 0) is 11.8 Å². The van der Waals surface area contributed by atoms with Gasteiger partial charge in [-0.15, -0.1) is 24.0 Å². The molecule has 3 rings (SSSR count). The minimum Gasteiger partial charge on any atom is -0.497 e. The van der Waals surface area contributed by atoms with Crippen LogP contribution in [0.5, 0.6) is 5.75 Å². The van der Waals surface area contributed by atoms with E-state index in [4.69, 9.17) is 9.47 Å². The van der Waals surface area contributed by atoms with Crippen LogP contribution in [0.4, 0.5) is 0 Å². The molecule has 2 heterocycles. The molecule has 8 nitrogen and oxygen atoms in total. The maximum Gasteiger partial charge on any atom is 0.193 e. The number of likely N-dealkylation sites (N-methyl/N-ethyl adjacent to an activating group) is 1. The molecular weight excluding hydrogens is 495 g/mol. The number of aromatic nitrogens is 2. The Morgan fingerprint density at radius 2 is 2.10 bits per heavy atom. The molecule has 1 aromatic carbocycles. The maximum atomic E-state index is 5.96. The summed E-state index contributed by atoms with van der Waals surface area (Å²) in [7, 11) is 9.62. The van der Waals surface area contributed by atoms with E-state index < -0.39 is 0 Å². The topological polar surface area (TPSA) is 67.2 Å². The first-order valence-electron chi connectivity index (χ1n) is 9.88. The molecule has 1 fully saturated rings. The molecule has 2 unspecified atom stereocenters. The van der Waals surface area contributed by atoms with Crippen molar-refractivity contribution in [3.63, 3.8) is 0 Å². The first-order valence-corrected chi connectivity index (χ1v) is 9.88. The highest BCUT2D eigenvalue weighted by molar-refractivity contribution is 14.0. The van der Waals surface area contributed by atoms with Gasteiger partial charge in [-0.1, -0.05) is 12.1 Å². The molecule has 0 aliphatic carbocycles. The Morgan fingerprint density at radius 1 is 1.37 bits per heavy atom. The number of aryl methyl sites for hydroxylation is 1. The van der Waals surface area contributed by atoms with Gasteiger partial charge in [0.2, 0.25) is 0 Å². The van der Waals surface area contributed by atoms with Gasteiger partial charge < -0.3 is 24.6 Å². The van der Waals surface area contributed by atoms with Gasteiger partial charge in [-0.25, -0.2) is 0 Å². The number of nitrogens with zero attached hydrogens (tertiary/aromatic N) is 5. The van der Waals surface area contributed by atoms with Gasteiger partial charge in [-0.2, -0.15) is 5.10 Å². The summed E-state index contributed by atoms with van der Waals surface area (Å²) in [5, 5.41) is 7.82. The number of morpholine rings is 1. The molecule has 30 heavy (non-hydrogen) atoms. The molecule has 0 saturated carbocycles. The lowest BCUT2D eigenvalue weighted by Crippen LogP contribution is -2.49. The molecule has 9 heteroatoms. The predicted molar refractivity (Wildman–Crippen MR) is 130 cm³/mol. The fraction of sp³-hybridized carbons (Fsp3) is 0.524. The molecule has 0 spiro atoms. The lowest BCUT2D eigenvalue weighted by atomic mass is 10.1. The van der Waals surface area contributed by atoms with Crippen molar-refractivity contribution in [3.05, 3.63) is 47.8 Å². The Bertz CT molecular complexity index is 808. The van der Waals surface area contributed by atoms with E-state index in [2.05, 4.69) is 51.4 Å². The normalized spacial score (nSPS) is 18.1. The fourth-order valence-electron chi connectivity index (χ4n) is 3.59. The van der Waals surface area contributed by atoms with Gasteiger partial charge in [-0.3, -0.25) is 9.67 Å². The highest BCUT2D eigenvalue weighted by Crippen LogP contribution is 2.23. The number of hydrogen-bond donors (Lipinski definition) is 1. The van der Waals surface area contributed by atoms with Crippen LogP contribution in [-0.4, -0.2) is 80.0 Å². The van der Waals surface area contributed by atoms with E-state index in [0.717, 1.165) is 36.9 Å². The van der Waals surface area contributed by atoms with Crippen LogP contribution in [0.15, 0.2) is 41.7 Å². The molecule has 0 radical (unpaired) electrons. The average Bonchev–Trinajstić information content (AvgIpc) is 3.18. The summed E-state index contributed by atoms with van der Waals surface area (Å²) in [6.45, 7) is 2.98. The first-order chi connectivity index (χ1) is 14.0. The second-order valence-electron chi connectivity index (χ2n) is 7.43. The lowest BCUT2D eigenvalue weighted by molar-refractivity contribution is -0.00811. The van der Waals surface area contributed by atoms with E-state index in [-0.39, 0.29) is 36.1 Å². The Kier molecular flexibility index (Phi) is 9.37. The van der Waals surface area contributed by atoms with Crippen molar-refractivity contribution in [3.8, 4) is 5.75 Å². The maximum absolute atomic E-state index is 5.96. The molecule has 1 aliphatic rings. The molecule has 0 amide bonds. The molecule has 166 valence electrons. The third kappa shape index (κ3) is 6.08. The van der Waals surface area contributed by atoms with Crippen molar-refractivity contribution in [1.29, 1.82) is 0 Å². The molecule has 1 N–H and O–H groups in total. The van der Waals surface area contributed by atoms with Crippen molar-refractivity contribution >= 4 is 29.9 Å². The summed E-state index contributed by atoms with van der Waals surface area (Å²) in [4.78, 5) is 8.97. The minimum atomic E-state index is 0. The Hall–Kier alpha value is -1.85. The van der Waals surface area contributed by atoms with Crippen molar-refractivity contribution in [2.24, 2.45) is 12.0 Å². The Morgan fingerprint density at radius 3 is 2.67 bits per heavy atom. The lowest BCUT2D eigenvalue weighted by Gasteiger charge is -2.35. The quantitative estimate of drug-likeness (QED) is 0.353.